The van der Waals surface area contributed by atoms with Gasteiger partial charge >= 0.3 is 0 Å². The number of rotatable bonds is 5. The van der Waals surface area contributed by atoms with E-state index in [0.29, 0.717) is 6.54 Å². The topological polar surface area (TPSA) is 41.7 Å². The molecule has 1 heterocycles. The number of nitrogens with zero attached hydrogens (tertiary/aromatic N) is 2. The third-order valence-electron chi connectivity index (χ3n) is 3.53. The summed E-state index contributed by atoms with van der Waals surface area (Å²) in [5.41, 5.74) is 5.62. The quantitative estimate of drug-likeness (QED) is 0.683. The van der Waals surface area contributed by atoms with Crippen LogP contribution < -0.4 is 5.73 Å². The summed E-state index contributed by atoms with van der Waals surface area (Å²) in [5.74, 6) is 0. The van der Waals surface area contributed by atoms with Gasteiger partial charge in [-0.15, -0.1) is 0 Å². The van der Waals surface area contributed by atoms with E-state index in [0.717, 1.165) is 12.6 Å². The molecule has 2 rings (SSSR count). The molecule has 1 aliphatic heterocycles. The molecule has 2 N–H and O–H groups in total. The van der Waals surface area contributed by atoms with Crippen molar-refractivity contribution in [3.8, 4) is 0 Å². The van der Waals surface area contributed by atoms with Gasteiger partial charge in [-0.1, -0.05) is 0 Å². The van der Waals surface area contributed by atoms with Gasteiger partial charge in [0.05, 0.1) is 6.10 Å². The lowest BCUT2D eigenvalue weighted by Crippen LogP contribution is -2.50. The van der Waals surface area contributed by atoms with E-state index in [2.05, 4.69) is 9.80 Å². The second-order valence-electron chi connectivity index (χ2n) is 4.66. The predicted octanol–water partition coefficient (Wildman–Crippen LogP) is -0.260. The highest BCUT2D eigenvalue weighted by Gasteiger charge is 2.31. The molecule has 0 aromatic rings. The second-order valence-corrected chi connectivity index (χ2v) is 4.66. The van der Waals surface area contributed by atoms with Crippen molar-refractivity contribution in [1.29, 1.82) is 0 Å². The lowest BCUT2D eigenvalue weighted by molar-refractivity contribution is 0.0458. The maximum atomic E-state index is 5.62. The molecule has 15 heavy (non-hydrogen) atoms. The fourth-order valence-electron chi connectivity index (χ4n) is 2.28. The average Bonchev–Trinajstić information content (AvgIpc) is 3.10. The molecule has 0 aromatic heterocycles. The lowest BCUT2D eigenvalue weighted by atomic mass is 10.2. The molecule has 2 fully saturated rings. The number of nitrogens with two attached hydrogens (primary N) is 1. The zero-order valence-corrected chi connectivity index (χ0v) is 9.69. The van der Waals surface area contributed by atoms with Crippen LogP contribution >= 0.6 is 0 Å². The summed E-state index contributed by atoms with van der Waals surface area (Å²) < 4.78 is 5.31. The maximum absolute atomic E-state index is 5.62. The molecule has 0 radical (unpaired) electrons. The van der Waals surface area contributed by atoms with Gasteiger partial charge in [0.1, 0.15) is 0 Å². The summed E-state index contributed by atoms with van der Waals surface area (Å²) in [7, 11) is 1.75. The first-order valence-electron chi connectivity index (χ1n) is 6.02. The SMILES string of the molecule is COC(CN)CN1CCN(C2CC2)CC1. The van der Waals surface area contributed by atoms with Crippen LogP contribution in [0.4, 0.5) is 0 Å². The zero-order chi connectivity index (χ0) is 10.7. The minimum absolute atomic E-state index is 0.206. The zero-order valence-electron chi connectivity index (χ0n) is 9.69. The number of piperazine rings is 1. The van der Waals surface area contributed by atoms with Gasteiger partial charge in [-0.2, -0.15) is 0 Å². The standard InChI is InChI=1S/C11H23N3O/c1-15-11(8-12)9-13-4-6-14(7-5-13)10-2-3-10/h10-11H,2-9,12H2,1H3. The van der Waals surface area contributed by atoms with Gasteiger partial charge in [0, 0.05) is 52.4 Å². The Morgan fingerprint density at radius 3 is 2.40 bits per heavy atom. The van der Waals surface area contributed by atoms with E-state index in [9.17, 15) is 0 Å². The molecule has 1 aliphatic carbocycles. The third-order valence-corrected chi connectivity index (χ3v) is 3.53. The van der Waals surface area contributed by atoms with Crippen LogP contribution in [0.2, 0.25) is 0 Å². The Hall–Kier alpha value is -0.160. The highest BCUT2D eigenvalue weighted by molar-refractivity contribution is 4.87. The van der Waals surface area contributed by atoms with Crippen LogP contribution in [-0.4, -0.2) is 68.3 Å². The van der Waals surface area contributed by atoms with Crippen molar-refractivity contribution in [1.82, 2.24) is 9.80 Å². The van der Waals surface area contributed by atoms with Gasteiger partial charge in [0.25, 0.3) is 0 Å². The highest BCUT2D eigenvalue weighted by Crippen LogP contribution is 2.27. The average molecular weight is 213 g/mol. The molecule has 0 aromatic carbocycles. The van der Waals surface area contributed by atoms with Crippen LogP contribution in [0.25, 0.3) is 0 Å². The van der Waals surface area contributed by atoms with E-state index in [1.807, 2.05) is 0 Å². The van der Waals surface area contributed by atoms with Crippen molar-refractivity contribution in [2.45, 2.75) is 25.0 Å². The van der Waals surface area contributed by atoms with E-state index < -0.39 is 0 Å². The Morgan fingerprint density at radius 1 is 1.27 bits per heavy atom. The van der Waals surface area contributed by atoms with Crippen LogP contribution in [0.3, 0.4) is 0 Å². The van der Waals surface area contributed by atoms with E-state index in [4.69, 9.17) is 10.5 Å². The number of ether oxygens (including phenoxy) is 1. The van der Waals surface area contributed by atoms with Crippen molar-refractivity contribution >= 4 is 0 Å². The molecule has 1 saturated heterocycles. The van der Waals surface area contributed by atoms with Crippen molar-refractivity contribution < 1.29 is 4.74 Å². The van der Waals surface area contributed by atoms with Gasteiger partial charge in [0.15, 0.2) is 0 Å². The fourth-order valence-corrected chi connectivity index (χ4v) is 2.28. The normalized spacial score (nSPS) is 26.8. The first-order chi connectivity index (χ1) is 7.33. The summed E-state index contributed by atoms with van der Waals surface area (Å²) in [5, 5.41) is 0. The first-order valence-corrected chi connectivity index (χ1v) is 6.02. The van der Waals surface area contributed by atoms with Gasteiger partial charge in [0.2, 0.25) is 0 Å². The van der Waals surface area contributed by atoms with Crippen LogP contribution in [-0.2, 0) is 4.74 Å². The van der Waals surface area contributed by atoms with Crippen molar-refractivity contribution in [3.05, 3.63) is 0 Å². The van der Waals surface area contributed by atoms with Crippen LogP contribution in [0, 0.1) is 0 Å². The second kappa shape index (κ2) is 5.25. The van der Waals surface area contributed by atoms with Gasteiger partial charge in [-0.05, 0) is 12.8 Å². The molecule has 1 unspecified atom stereocenters. The van der Waals surface area contributed by atoms with E-state index in [-0.39, 0.29) is 6.10 Å². The molecular weight excluding hydrogens is 190 g/mol. The van der Waals surface area contributed by atoms with Crippen molar-refractivity contribution in [2.75, 3.05) is 46.4 Å². The Labute approximate surface area is 92.4 Å². The summed E-state index contributed by atoms with van der Waals surface area (Å²) in [4.78, 5) is 5.10. The Balaban J connectivity index is 1.68. The van der Waals surface area contributed by atoms with Gasteiger partial charge in [-0.3, -0.25) is 9.80 Å². The molecular formula is C11H23N3O. The number of hydrogen-bond acceptors (Lipinski definition) is 4. The van der Waals surface area contributed by atoms with E-state index in [1.165, 1.54) is 39.0 Å². The molecule has 88 valence electrons. The summed E-state index contributed by atoms with van der Waals surface area (Å²) >= 11 is 0. The van der Waals surface area contributed by atoms with Crippen LogP contribution in [0.15, 0.2) is 0 Å². The molecule has 4 heteroatoms. The first kappa shape index (κ1) is 11.3. The van der Waals surface area contributed by atoms with Crippen molar-refractivity contribution in [3.63, 3.8) is 0 Å². The molecule has 0 bridgehead atoms. The molecule has 0 spiro atoms. The molecule has 4 nitrogen and oxygen atoms in total. The highest BCUT2D eigenvalue weighted by atomic mass is 16.5. The maximum Gasteiger partial charge on any atom is 0.0820 e. The minimum Gasteiger partial charge on any atom is -0.379 e. The number of hydrogen-bond donors (Lipinski definition) is 1. The minimum atomic E-state index is 0.206. The van der Waals surface area contributed by atoms with Gasteiger partial charge < -0.3 is 10.5 Å². The van der Waals surface area contributed by atoms with Crippen LogP contribution in [0.1, 0.15) is 12.8 Å². The van der Waals surface area contributed by atoms with Gasteiger partial charge in [-0.25, -0.2) is 0 Å². The van der Waals surface area contributed by atoms with Crippen LogP contribution in [0.5, 0.6) is 0 Å². The molecule has 2 aliphatic rings. The lowest BCUT2D eigenvalue weighted by Gasteiger charge is -2.36. The van der Waals surface area contributed by atoms with E-state index >= 15 is 0 Å². The fraction of sp³-hybridized carbons (Fsp3) is 1.00. The predicted molar refractivity (Wildman–Crippen MR) is 60.9 cm³/mol. The Bertz CT molecular complexity index is 184. The smallest absolute Gasteiger partial charge is 0.0820 e. The Kier molecular flexibility index (Phi) is 3.97. The van der Waals surface area contributed by atoms with E-state index in [1.54, 1.807) is 7.11 Å². The Morgan fingerprint density at radius 2 is 1.93 bits per heavy atom. The summed E-state index contributed by atoms with van der Waals surface area (Å²) in [6.07, 6.45) is 3.05. The molecule has 1 atom stereocenters. The van der Waals surface area contributed by atoms with Crippen molar-refractivity contribution in [2.24, 2.45) is 5.73 Å². The summed E-state index contributed by atoms with van der Waals surface area (Å²) in [6, 6.07) is 0.917. The monoisotopic (exact) mass is 213 g/mol. The number of methoxy groups -OCH3 is 1. The third kappa shape index (κ3) is 3.14. The largest absolute Gasteiger partial charge is 0.379 e. The molecule has 0 amide bonds. The summed E-state index contributed by atoms with van der Waals surface area (Å²) in [6.45, 7) is 6.43. The molecule has 1 saturated carbocycles.